The minimum absolute atomic E-state index is 0.0780. The fourth-order valence-corrected chi connectivity index (χ4v) is 4.85. The molecule has 2 aromatic carbocycles. The molecule has 1 amide bonds. The molecule has 4 aromatic rings. The number of nitrogens with zero attached hydrogens (tertiary/aromatic N) is 3. The number of rotatable bonds is 7. The van der Waals surface area contributed by atoms with E-state index in [0.717, 1.165) is 18.5 Å². The number of halogens is 4. The number of benzene rings is 2. The normalized spacial score (nSPS) is 11.6. The van der Waals surface area contributed by atoms with Crippen LogP contribution in [0.15, 0.2) is 76.7 Å². The van der Waals surface area contributed by atoms with E-state index in [9.17, 15) is 35.6 Å². The number of aromatic nitrogens is 2. The van der Waals surface area contributed by atoms with Crippen molar-refractivity contribution < 1.29 is 30.8 Å². The van der Waals surface area contributed by atoms with E-state index in [-0.39, 0.29) is 45.9 Å². The summed E-state index contributed by atoms with van der Waals surface area (Å²) >= 11 is 0. The average molecular weight is 599 g/mol. The number of hydrogen-bond acceptors (Lipinski definition) is 6. The monoisotopic (exact) mass is 598 g/mol. The summed E-state index contributed by atoms with van der Waals surface area (Å²) in [5.41, 5.74) is -1.98. The molecule has 2 aromatic heterocycles. The largest absolute Gasteiger partial charge is 0.433 e. The molecular formula is C29H22F4N4O4S. The van der Waals surface area contributed by atoms with Crippen molar-refractivity contribution in [3.63, 3.8) is 0 Å². The summed E-state index contributed by atoms with van der Waals surface area (Å²) < 4.78 is 79.7. The summed E-state index contributed by atoms with van der Waals surface area (Å²) in [4.78, 5) is 30.2. The van der Waals surface area contributed by atoms with Gasteiger partial charge in [0.2, 0.25) is 5.43 Å². The van der Waals surface area contributed by atoms with E-state index >= 15 is 0 Å². The molecule has 0 radical (unpaired) electrons. The highest BCUT2D eigenvalue weighted by Crippen LogP contribution is 2.31. The second-order valence-electron chi connectivity index (χ2n) is 9.40. The van der Waals surface area contributed by atoms with Gasteiger partial charge >= 0.3 is 6.18 Å². The zero-order chi connectivity index (χ0) is 30.8. The number of carbonyl (C=O) groups excluding carboxylic acids is 1. The van der Waals surface area contributed by atoms with E-state index in [1.165, 1.54) is 60.2 Å². The summed E-state index contributed by atoms with van der Waals surface area (Å²) in [5.74, 6) is -1.58. The van der Waals surface area contributed by atoms with E-state index in [1.54, 1.807) is 0 Å². The lowest BCUT2D eigenvalue weighted by molar-refractivity contribution is -0.141. The quantitative estimate of drug-likeness (QED) is 0.310. The predicted molar refractivity (Wildman–Crippen MR) is 145 cm³/mol. The predicted octanol–water partition coefficient (Wildman–Crippen LogP) is 4.63. The van der Waals surface area contributed by atoms with Crippen LogP contribution >= 0.6 is 0 Å². The molecule has 0 saturated heterocycles. The maximum absolute atomic E-state index is 14.7. The van der Waals surface area contributed by atoms with Gasteiger partial charge in [0.1, 0.15) is 17.1 Å². The number of amides is 1. The Morgan fingerprint density at radius 2 is 1.79 bits per heavy atom. The third-order valence-corrected chi connectivity index (χ3v) is 7.59. The molecule has 0 atom stereocenters. The molecular weight excluding hydrogens is 576 g/mol. The van der Waals surface area contributed by atoms with Gasteiger partial charge in [0.25, 0.3) is 5.91 Å². The van der Waals surface area contributed by atoms with Crippen molar-refractivity contribution in [2.45, 2.75) is 31.1 Å². The van der Waals surface area contributed by atoms with Crippen LogP contribution in [0.3, 0.4) is 0 Å². The summed E-state index contributed by atoms with van der Waals surface area (Å²) in [7, 11) is -3.43. The van der Waals surface area contributed by atoms with Crippen LogP contribution in [0.1, 0.15) is 38.4 Å². The fraction of sp³-hybridized carbons (Fsp3) is 0.172. The molecule has 0 aliphatic carbocycles. The first-order valence-electron chi connectivity index (χ1n) is 12.2. The highest BCUT2D eigenvalue weighted by atomic mass is 32.2. The van der Waals surface area contributed by atoms with Crippen LogP contribution in [-0.4, -0.2) is 30.1 Å². The lowest BCUT2D eigenvalue weighted by Crippen LogP contribution is -2.31. The Morgan fingerprint density at radius 3 is 2.38 bits per heavy atom. The SMILES string of the molecule is Cc1c(-c2ccnc(C(F)(F)F)c2)c(=O)c(C(=O)NCc2ccc(S(C)(=O)=O)cc2)cn1Cc1ccc(C#N)cc1F. The summed E-state index contributed by atoms with van der Waals surface area (Å²) in [6.45, 7) is 1.15. The Bertz CT molecular complexity index is 1900. The third kappa shape index (κ3) is 6.55. The number of sulfone groups is 1. The van der Waals surface area contributed by atoms with Gasteiger partial charge in [0.15, 0.2) is 9.84 Å². The maximum atomic E-state index is 14.7. The first-order valence-corrected chi connectivity index (χ1v) is 14.1. The van der Waals surface area contributed by atoms with Gasteiger partial charge in [-0.25, -0.2) is 12.8 Å². The highest BCUT2D eigenvalue weighted by Gasteiger charge is 2.33. The van der Waals surface area contributed by atoms with Crippen LogP contribution in [0, 0.1) is 24.1 Å². The molecule has 0 fully saturated rings. The van der Waals surface area contributed by atoms with E-state index < -0.39 is 44.4 Å². The second kappa shape index (κ2) is 11.6. The number of hydrogen-bond donors (Lipinski definition) is 1. The highest BCUT2D eigenvalue weighted by molar-refractivity contribution is 7.90. The lowest BCUT2D eigenvalue weighted by atomic mass is 10.0. The van der Waals surface area contributed by atoms with Crippen LogP contribution in [0.4, 0.5) is 17.6 Å². The number of pyridine rings is 2. The zero-order valence-electron chi connectivity index (χ0n) is 22.2. The van der Waals surface area contributed by atoms with Crippen molar-refractivity contribution in [3.8, 4) is 17.2 Å². The van der Waals surface area contributed by atoms with Gasteiger partial charge in [-0.15, -0.1) is 0 Å². The number of alkyl halides is 3. The molecule has 0 bridgehead atoms. The Morgan fingerprint density at radius 1 is 1.10 bits per heavy atom. The maximum Gasteiger partial charge on any atom is 0.433 e. The average Bonchev–Trinajstić information content (AvgIpc) is 2.93. The fourth-order valence-electron chi connectivity index (χ4n) is 4.22. The van der Waals surface area contributed by atoms with Gasteiger partial charge in [-0.1, -0.05) is 18.2 Å². The Labute approximate surface area is 237 Å². The Hall–Kier alpha value is -4.83. The van der Waals surface area contributed by atoms with Crippen molar-refractivity contribution >= 4 is 15.7 Å². The van der Waals surface area contributed by atoms with Crippen LogP contribution in [0.2, 0.25) is 0 Å². The van der Waals surface area contributed by atoms with Gasteiger partial charge in [0, 0.05) is 42.0 Å². The van der Waals surface area contributed by atoms with E-state index in [2.05, 4.69) is 10.3 Å². The molecule has 0 saturated carbocycles. The zero-order valence-corrected chi connectivity index (χ0v) is 23.0. The van der Waals surface area contributed by atoms with E-state index in [0.29, 0.717) is 11.6 Å². The van der Waals surface area contributed by atoms with E-state index in [4.69, 9.17) is 5.26 Å². The number of nitriles is 1. The molecule has 4 rings (SSSR count). The van der Waals surface area contributed by atoms with E-state index in [1.807, 2.05) is 6.07 Å². The smallest absolute Gasteiger partial charge is 0.348 e. The van der Waals surface area contributed by atoms with Crippen LogP contribution in [-0.2, 0) is 29.1 Å². The first kappa shape index (κ1) is 30.1. The topological polar surface area (TPSA) is 122 Å². The second-order valence-corrected chi connectivity index (χ2v) is 11.4. The lowest BCUT2D eigenvalue weighted by Gasteiger charge is -2.18. The van der Waals surface area contributed by atoms with Crippen molar-refractivity contribution in [1.82, 2.24) is 14.9 Å². The minimum Gasteiger partial charge on any atom is -0.348 e. The molecule has 8 nitrogen and oxygen atoms in total. The van der Waals surface area contributed by atoms with Crippen molar-refractivity contribution in [2.24, 2.45) is 0 Å². The Kier molecular flexibility index (Phi) is 8.31. The third-order valence-electron chi connectivity index (χ3n) is 6.46. The summed E-state index contributed by atoms with van der Waals surface area (Å²) in [5, 5.41) is 11.6. The van der Waals surface area contributed by atoms with Crippen LogP contribution in [0.25, 0.3) is 11.1 Å². The molecule has 0 aliphatic heterocycles. The van der Waals surface area contributed by atoms with Crippen molar-refractivity contribution in [1.29, 1.82) is 5.26 Å². The molecule has 0 spiro atoms. The van der Waals surface area contributed by atoms with Gasteiger partial charge in [-0.3, -0.25) is 14.6 Å². The molecule has 2 heterocycles. The number of carbonyl (C=O) groups is 1. The van der Waals surface area contributed by atoms with Crippen LogP contribution in [0.5, 0.6) is 0 Å². The minimum atomic E-state index is -4.80. The van der Waals surface area contributed by atoms with Gasteiger partial charge in [-0.2, -0.15) is 18.4 Å². The summed E-state index contributed by atoms with van der Waals surface area (Å²) in [6.07, 6.45) is -1.66. The van der Waals surface area contributed by atoms with Gasteiger partial charge in [-0.05, 0) is 54.4 Å². The Balaban J connectivity index is 1.78. The number of nitrogens with one attached hydrogen (secondary N) is 1. The molecule has 0 aliphatic rings. The molecule has 216 valence electrons. The van der Waals surface area contributed by atoms with Crippen molar-refractivity contribution in [2.75, 3.05) is 6.26 Å². The van der Waals surface area contributed by atoms with Crippen LogP contribution < -0.4 is 10.7 Å². The molecule has 1 N–H and O–H groups in total. The molecule has 13 heteroatoms. The van der Waals surface area contributed by atoms with Gasteiger partial charge in [0.05, 0.1) is 23.1 Å². The standard InChI is InChI=1S/C29H22F4N4O4S/c1-17-26(20-9-10-35-25(12-20)29(31,32)33)27(38)23(16-37(17)15-21-6-3-19(13-34)11-24(21)30)28(39)36-14-18-4-7-22(8-5-18)42(2,40)41/h3-12,16H,14-15H2,1-2H3,(H,36,39). The first-order chi connectivity index (χ1) is 19.7. The van der Waals surface area contributed by atoms with Gasteiger partial charge < -0.3 is 9.88 Å². The molecule has 42 heavy (non-hydrogen) atoms. The summed E-state index contributed by atoms with van der Waals surface area (Å²) in [6, 6.07) is 13.2. The van der Waals surface area contributed by atoms with Crippen molar-refractivity contribution in [3.05, 3.63) is 117 Å². The molecule has 0 unspecified atom stereocenters.